The molecular formula is C20H30FN6O10P. The van der Waals surface area contributed by atoms with Crippen molar-refractivity contribution < 1.29 is 52.4 Å². The number of nitrogens with two attached hydrogens (primary N) is 1. The minimum atomic E-state index is -4.53. The molecule has 1 saturated heterocycles. The van der Waals surface area contributed by atoms with Gasteiger partial charge in [0.15, 0.2) is 29.8 Å². The number of nitrogens with one attached hydrogen (secondary N) is 1. The number of carboxylic acids is 1. The van der Waals surface area contributed by atoms with Crippen LogP contribution in [0, 0.1) is 17.9 Å². The van der Waals surface area contributed by atoms with Crippen LogP contribution in [0.4, 0.5) is 10.2 Å². The lowest BCUT2D eigenvalue weighted by Gasteiger charge is -2.29. The number of rotatable bonds is 12. The van der Waals surface area contributed by atoms with Gasteiger partial charge in [-0.15, -0.1) is 0 Å². The third-order valence-electron chi connectivity index (χ3n) is 6.13. The number of aliphatic hydroxyl groups is 2. The topological polar surface area (TPSA) is 230 Å². The van der Waals surface area contributed by atoms with E-state index in [1.165, 1.54) is 0 Å². The van der Waals surface area contributed by atoms with Crippen molar-refractivity contribution in [3.63, 3.8) is 0 Å². The molecule has 6 N–H and O–H groups in total. The standard InChI is InChI=1S/C20H30FN6O10P/c1-8(2)9(3)12(19(32)34-4)26-38(33,36-6-11(28)29)35-5-10-14(30)15(31)18(37-10)27-7-23-13-16(22)24-20(21)25-17(13)27/h7-10,12,14-15,18,30-31H,5-6H2,1-4H3,(H,26,33)(H,28,29)(H2,22,24,25). The number of anilines is 1. The van der Waals surface area contributed by atoms with Crippen molar-refractivity contribution in [1.82, 2.24) is 24.6 Å². The first-order valence-electron chi connectivity index (χ1n) is 11.4. The lowest BCUT2D eigenvalue weighted by Crippen LogP contribution is -2.44. The number of halogens is 1. The van der Waals surface area contributed by atoms with Crippen LogP contribution in [0.25, 0.3) is 11.2 Å². The van der Waals surface area contributed by atoms with Crippen molar-refractivity contribution >= 4 is 36.7 Å². The van der Waals surface area contributed by atoms with Crippen molar-refractivity contribution in [3.05, 3.63) is 12.4 Å². The number of nitrogens with zero attached hydrogens (tertiary/aromatic N) is 4. The number of imidazole rings is 1. The van der Waals surface area contributed by atoms with Crippen LogP contribution in [-0.2, 0) is 32.7 Å². The predicted octanol–water partition coefficient (Wildman–Crippen LogP) is -0.184. The van der Waals surface area contributed by atoms with E-state index in [2.05, 4.69) is 20.0 Å². The molecule has 2 aromatic rings. The maximum absolute atomic E-state index is 13.7. The van der Waals surface area contributed by atoms with Crippen LogP contribution in [0.3, 0.4) is 0 Å². The Labute approximate surface area is 215 Å². The van der Waals surface area contributed by atoms with Gasteiger partial charge < -0.3 is 30.5 Å². The number of aromatic nitrogens is 4. The van der Waals surface area contributed by atoms with Gasteiger partial charge in [-0.2, -0.15) is 14.4 Å². The number of carbonyl (C=O) groups is 2. The summed E-state index contributed by atoms with van der Waals surface area (Å²) >= 11 is 0. The molecule has 16 nitrogen and oxygen atoms in total. The molecule has 0 aromatic carbocycles. The highest BCUT2D eigenvalue weighted by molar-refractivity contribution is 7.51. The predicted molar refractivity (Wildman–Crippen MR) is 126 cm³/mol. The fourth-order valence-corrected chi connectivity index (χ4v) is 5.21. The Morgan fingerprint density at radius 1 is 1.26 bits per heavy atom. The Hall–Kier alpha value is -2.79. The SMILES string of the molecule is COC(=O)C(NP(=O)(OCC(=O)O)OCC1OC(n2cnc3c(N)nc(F)nc32)C(O)C1O)C(C)C(C)C. The largest absolute Gasteiger partial charge is 0.480 e. The van der Waals surface area contributed by atoms with Crippen LogP contribution >= 0.6 is 7.75 Å². The average molecular weight is 564 g/mol. The molecule has 7 unspecified atom stereocenters. The van der Waals surface area contributed by atoms with Crippen molar-refractivity contribution in [3.8, 4) is 0 Å². The van der Waals surface area contributed by atoms with Crippen LogP contribution in [-0.4, -0.2) is 91.5 Å². The van der Waals surface area contributed by atoms with Gasteiger partial charge in [-0.3, -0.25) is 18.4 Å². The number of fused-ring (bicyclic) bond motifs is 1. The monoisotopic (exact) mass is 564 g/mol. The minimum Gasteiger partial charge on any atom is -0.480 e. The number of methoxy groups -OCH3 is 1. The molecule has 0 amide bonds. The zero-order chi connectivity index (χ0) is 28.4. The van der Waals surface area contributed by atoms with E-state index in [0.717, 1.165) is 18.0 Å². The number of carboxylic acid groups (broad SMARTS) is 1. The summed E-state index contributed by atoms with van der Waals surface area (Å²) in [6.45, 7) is 3.57. The molecule has 7 atom stereocenters. The number of carbonyl (C=O) groups excluding carboxylic acids is 1. The number of hydrogen-bond donors (Lipinski definition) is 5. The van der Waals surface area contributed by atoms with E-state index in [1.807, 2.05) is 0 Å². The Morgan fingerprint density at radius 3 is 2.55 bits per heavy atom. The fourth-order valence-electron chi connectivity index (χ4n) is 3.68. The zero-order valence-electron chi connectivity index (χ0n) is 20.9. The molecule has 0 aliphatic carbocycles. The summed E-state index contributed by atoms with van der Waals surface area (Å²) in [5, 5.41) is 32.6. The number of nitrogen functional groups attached to an aromatic ring is 1. The van der Waals surface area contributed by atoms with Crippen LogP contribution in [0.1, 0.15) is 27.0 Å². The van der Waals surface area contributed by atoms with E-state index in [1.54, 1.807) is 20.8 Å². The molecule has 18 heteroatoms. The molecule has 3 rings (SSSR count). The van der Waals surface area contributed by atoms with E-state index in [4.69, 9.17) is 29.4 Å². The average Bonchev–Trinajstić information content (AvgIpc) is 3.40. The molecule has 38 heavy (non-hydrogen) atoms. The number of esters is 1. The zero-order valence-corrected chi connectivity index (χ0v) is 21.8. The molecule has 0 bridgehead atoms. The molecular weight excluding hydrogens is 534 g/mol. The molecule has 1 aliphatic rings. The molecule has 1 fully saturated rings. The van der Waals surface area contributed by atoms with Crippen LogP contribution < -0.4 is 10.8 Å². The summed E-state index contributed by atoms with van der Waals surface area (Å²) in [7, 11) is -3.40. The molecule has 0 spiro atoms. The van der Waals surface area contributed by atoms with Gasteiger partial charge in [-0.1, -0.05) is 20.8 Å². The van der Waals surface area contributed by atoms with Crippen molar-refractivity contribution in [2.75, 3.05) is 26.1 Å². The number of aliphatic hydroxyl groups excluding tert-OH is 2. The molecule has 212 valence electrons. The summed E-state index contributed by atoms with van der Waals surface area (Å²) in [5.74, 6) is -3.05. The molecule has 1 aliphatic heterocycles. The lowest BCUT2D eigenvalue weighted by molar-refractivity contribution is -0.144. The first-order chi connectivity index (χ1) is 17.8. The quantitative estimate of drug-likeness (QED) is 0.128. The summed E-state index contributed by atoms with van der Waals surface area (Å²) in [4.78, 5) is 34.4. The number of ether oxygens (including phenoxy) is 2. The first-order valence-corrected chi connectivity index (χ1v) is 13.0. The van der Waals surface area contributed by atoms with E-state index in [9.17, 15) is 28.8 Å². The van der Waals surface area contributed by atoms with Gasteiger partial charge in [-0.25, -0.2) is 19.4 Å². The van der Waals surface area contributed by atoms with Gasteiger partial charge in [-0.05, 0) is 11.8 Å². The molecule has 2 aromatic heterocycles. The Bertz CT molecular complexity index is 1210. The highest BCUT2D eigenvalue weighted by Gasteiger charge is 2.46. The van der Waals surface area contributed by atoms with Gasteiger partial charge in [0.2, 0.25) is 0 Å². The first kappa shape index (κ1) is 29.8. The summed E-state index contributed by atoms with van der Waals surface area (Å²) in [6.07, 6.45) is -5.89. The lowest BCUT2D eigenvalue weighted by atomic mass is 9.91. The van der Waals surface area contributed by atoms with Crippen molar-refractivity contribution in [2.45, 2.75) is 51.4 Å². The smallest absolute Gasteiger partial charge is 0.406 e. The van der Waals surface area contributed by atoms with Gasteiger partial charge in [0.1, 0.15) is 24.4 Å². The van der Waals surface area contributed by atoms with Gasteiger partial charge in [0, 0.05) is 0 Å². The van der Waals surface area contributed by atoms with E-state index in [0.29, 0.717) is 0 Å². The minimum absolute atomic E-state index is 0.0280. The normalized spacial score (nSPS) is 24.8. The fraction of sp³-hybridized carbons (Fsp3) is 0.650. The second kappa shape index (κ2) is 11.9. The van der Waals surface area contributed by atoms with Crippen molar-refractivity contribution in [1.29, 1.82) is 0 Å². The van der Waals surface area contributed by atoms with Gasteiger partial charge >= 0.3 is 25.8 Å². The molecule has 0 radical (unpaired) electrons. The van der Waals surface area contributed by atoms with E-state index < -0.39 is 75.5 Å². The Morgan fingerprint density at radius 2 is 1.95 bits per heavy atom. The van der Waals surface area contributed by atoms with Crippen LogP contribution in [0.15, 0.2) is 6.33 Å². The van der Waals surface area contributed by atoms with Crippen LogP contribution in [0.5, 0.6) is 0 Å². The highest BCUT2D eigenvalue weighted by atomic mass is 31.2. The summed E-state index contributed by atoms with van der Waals surface area (Å²) in [5.41, 5.74) is 5.56. The third-order valence-corrected chi connectivity index (χ3v) is 7.68. The number of aliphatic carboxylic acids is 1. The maximum atomic E-state index is 13.7. The van der Waals surface area contributed by atoms with Gasteiger partial charge in [0.25, 0.3) is 0 Å². The summed E-state index contributed by atoms with van der Waals surface area (Å²) < 4.78 is 49.1. The second-order valence-corrected chi connectivity index (χ2v) is 10.7. The summed E-state index contributed by atoms with van der Waals surface area (Å²) in [6, 6.07) is -1.20. The maximum Gasteiger partial charge on any atom is 0.406 e. The number of hydrogen-bond acceptors (Lipinski definition) is 13. The van der Waals surface area contributed by atoms with Gasteiger partial charge in [0.05, 0.1) is 20.0 Å². The van der Waals surface area contributed by atoms with E-state index >= 15 is 0 Å². The Balaban J connectivity index is 1.81. The van der Waals surface area contributed by atoms with Crippen LogP contribution in [0.2, 0.25) is 0 Å². The third kappa shape index (κ3) is 6.43. The molecule has 3 heterocycles. The van der Waals surface area contributed by atoms with Crippen molar-refractivity contribution in [2.24, 2.45) is 11.8 Å². The highest BCUT2D eigenvalue weighted by Crippen LogP contribution is 2.46. The van der Waals surface area contributed by atoms with E-state index in [-0.39, 0.29) is 22.9 Å². The molecule has 0 saturated carbocycles. The Kier molecular flexibility index (Phi) is 9.35. The second-order valence-electron chi connectivity index (χ2n) is 8.94.